The van der Waals surface area contributed by atoms with Crippen LogP contribution in [0.25, 0.3) is 83.5 Å². The lowest BCUT2D eigenvalue weighted by Crippen LogP contribution is -2.20. The fourth-order valence-corrected chi connectivity index (χ4v) is 19.1. The topological polar surface area (TPSA) is 46.6 Å². The van der Waals surface area contributed by atoms with Gasteiger partial charge < -0.3 is 9.64 Å². The highest BCUT2D eigenvalue weighted by atomic mass is 32.2. The summed E-state index contributed by atoms with van der Waals surface area (Å²) in [6, 6.07) is 69.5. The Morgan fingerprint density at radius 2 is 0.822 bits per heavy atom. The summed E-state index contributed by atoms with van der Waals surface area (Å²) in [6.07, 6.45) is 9.76. The number of esters is 2. The van der Waals surface area contributed by atoms with Gasteiger partial charge in [-0.15, -0.1) is 45.3 Å². The molecule has 0 amide bonds. The predicted octanol–water partition coefficient (Wildman–Crippen LogP) is 25.8. The Balaban J connectivity index is 0.944. The number of benzene rings is 9. The number of ether oxygens (including phenoxy) is 1. The maximum atomic E-state index is 14.2. The lowest BCUT2D eigenvalue weighted by molar-refractivity contribution is 0.0390. The van der Waals surface area contributed by atoms with Gasteiger partial charge in [0.1, 0.15) is 0 Å². The summed E-state index contributed by atoms with van der Waals surface area (Å²) >= 11 is 10.9. The molecular formula is C80H71NO3S6. The fraction of sp³-hybridized carbons (Fsp3) is 0.225. The molecule has 0 unspecified atom stereocenters. The fourth-order valence-electron chi connectivity index (χ4n) is 12.7. The molecule has 0 aliphatic carbocycles. The Morgan fingerprint density at radius 1 is 0.400 bits per heavy atom. The molecule has 1 aliphatic heterocycles. The van der Waals surface area contributed by atoms with Crippen LogP contribution in [0.1, 0.15) is 136 Å². The number of aryl methyl sites for hydroxylation is 2. The minimum atomic E-state index is -0.622. The van der Waals surface area contributed by atoms with Crippen molar-refractivity contribution in [3.05, 3.63) is 220 Å². The smallest absolute Gasteiger partial charge is 0.346 e. The van der Waals surface area contributed by atoms with Crippen LogP contribution in [-0.2, 0) is 28.4 Å². The molecule has 13 aromatic rings. The number of rotatable bonds is 19. The molecule has 450 valence electrons. The third-order valence-electron chi connectivity index (χ3n) is 17.5. The first-order valence-electron chi connectivity index (χ1n) is 31.5. The van der Waals surface area contributed by atoms with Gasteiger partial charge in [-0.05, 0) is 190 Å². The molecule has 0 fully saturated rings. The van der Waals surface area contributed by atoms with Gasteiger partial charge in [0.05, 0.1) is 16.8 Å². The number of thiophene rings is 4. The summed E-state index contributed by atoms with van der Waals surface area (Å²) in [5, 5.41) is 7.88. The van der Waals surface area contributed by atoms with Crippen LogP contribution in [-0.4, -0.2) is 11.9 Å². The van der Waals surface area contributed by atoms with E-state index in [1.54, 1.807) is 23.5 Å². The summed E-state index contributed by atoms with van der Waals surface area (Å²) in [6.45, 7) is 17.9. The molecule has 0 saturated carbocycles. The molecule has 10 heteroatoms. The molecule has 0 bridgehead atoms. The number of carbonyl (C=O) groups is 2. The van der Waals surface area contributed by atoms with Crippen molar-refractivity contribution >= 4 is 141 Å². The summed E-state index contributed by atoms with van der Waals surface area (Å²) in [5.74, 6) is -1.24. The number of carbonyl (C=O) groups excluding carboxylic acids is 2. The minimum absolute atomic E-state index is 0.0209. The van der Waals surface area contributed by atoms with Crippen molar-refractivity contribution in [3.8, 4) is 40.4 Å². The first-order valence-corrected chi connectivity index (χ1v) is 36.4. The van der Waals surface area contributed by atoms with E-state index in [1.807, 2.05) is 57.5 Å². The number of hydrogen-bond acceptors (Lipinski definition) is 10. The zero-order chi connectivity index (χ0) is 62.0. The molecule has 4 nitrogen and oxygen atoms in total. The van der Waals surface area contributed by atoms with Crippen LogP contribution in [0.15, 0.2) is 208 Å². The van der Waals surface area contributed by atoms with E-state index >= 15 is 0 Å². The first-order chi connectivity index (χ1) is 43.6. The summed E-state index contributed by atoms with van der Waals surface area (Å²) < 4.78 is 5.64. The van der Waals surface area contributed by atoms with E-state index in [2.05, 4.69) is 236 Å². The SMILES string of the molecule is CCCCCc1ccc(-c2ccc(-c3ccc(N(c4ccc(-c5ccc(-c6ccc(CCCCC)s6)s5)cc4)c4ccc5c6c(Sc7ccc(C(C)(C)C)cc7)cc7c8c(cc(Sc9ccc(C(C)(C)C)cc9)c(c9cccc4c95)c86)C(=O)OC7=O)cc3)s2)s1. The Bertz CT molecular complexity index is 4550. The molecule has 0 N–H and O–H groups in total. The molecule has 5 heterocycles. The van der Waals surface area contributed by atoms with Gasteiger partial charge in [0.2, 0.25) is 0 Å². The molecule has 1 aliphatic rings. The summed E-state index contributed by atoms with van der Waals surface area (Å²) in [4.78, 5) is 45.5. The van der Waals surface area contributed by atoms with Gasteiger partial charge >= 0.3 is 11.9 Å². The normalized spacial score (nSPS) is 12.8. The van der Waals surface area contributed by atoms with Crippen molar-refractivity contribution in [2.24, 2.45) is 0 Å². The minimum Gasteiger partial charge on any atom is -0.386 e. The third kappa shape index (κ3) is 11.7. The molecular weight excluding hydrogens is 1220 g/mol. The van der Waals surface area contributed by atoms with Crippen molar-refractivity contribution in [1.82, 2.24) is 0 Å². The molecule has 0 saturated heterocycles. The number of nitrogens with zero attached hydrogens (tertiary/aromatic N) is 1. The molecule has 0 radical (unpaired) electrons. The second-order valence-electron chi connectivity index (χ2n) is 25.8. The van der Waals surface area contributed by atoms with E-state index in [1.165, 1.54) is 99.8 Å². The molecule has 90 heavy (non-hydrogen) atoms. The highest BCUT2D eigenvalue weighted by Gasteiger charge is 2.34. The van der Waals surface area contributed by atoms with Crippen LogP contribution in [0, 0.1) is 0 Å². The second kappa shape index (κ2) is 24.7. The van der Waals surface area contributed by atoms with Gasteiger partial charge in [0.15, 0.2) is 0 Å². The lowest BCUT2D eigenvalue weighted by Gasteiger charge is -2.29. The number of hydrogen-bond donors (Lipinski definition) is 0. The van der Waals surface area contributed by atoms with Gasteiger partial charge in [0, 0.05) is 96.9 Å². The number of fused-ring (bicyclic) bond motifs is 2. The predicted molar refractivity (Wildman–Crippen MR) is 390 cm³/mol. The van der Waals surface area contributed by atoms with Crippen LogP contribution in [0.4, 0.5) is 17.1 Å². The Hall–Kier alpha value is -7.28. The van der Waals surface area contributed by atoms with Crippen molar-refractivity contribution in [1.29, 1.82) is 0 Å². The van der Waals surface area contributed by atoms with Gasteiger partial charge in [0.25, 0.3) is 0 Å². The van der Waals surface area contributed by atoms with E-state index in [0.717, 1.165) is 87.2 Å². The Kier molecular flexibility index (Phi) is 16.6. The van der Waals surface area contributed by atoms with E-state index in [0.29, 0.717) is 16.5 Å². The van der Waals surface area contributed by atoms with Crippen LogP contribution in [0.5, 0.6) is 0 Å². The summed E-state index contributed by atoms with van der Waals surface area (Å²) in [7, 11) is 0. The van der Waals surface area contributed by atoms with E-state index in [4.69, 9.17) is 4.74 Å². The number of unbranched alkanes of at least 4 members (excludes halogenated alkanes) is 4. The van der Waals surface area contributed by atoms with E-state index in [9.17, 15) is 9.59 Å². The largest absolute Gasteiger partial charge is 0.386 e. The number of cyclic esters (lactones) is 2. The van der Waals surface area contributed by atoms with Crippen LogP contribution in [0.3, 0.4) is 0 Å². The molecule has 9 aromatic carbocycles. The van der Waals surface area contributed by atoms with Gasteiger partial charge in [-0.25, -0.2) is 9.59 Å². The van der Waals surface area contributed by atoms with E-state index < -0.39 is 11.9 Å². The average molecular weight is 1290 g/mol. The van der Waals surface area contributed by atoms with Crippen molar-refractivity contribution in [2.45, 2.75) is 137 Å². The number of anilines is 3. The van der Waals surface area contributed by atoms with E-state index in [-0.39, 0.29) is 10.8 Å². The third-order valence-corrected chi connectivity index (χ3v) is 24.6. The maximum Gasteiger partial charge on any atom is 0.346 e. The van der Waals surface area contributed by atoms with Gasteiger partial charge in [-0.1, -0.05) is 177 Å². The average Bonchev–Trinajstić information content (AvgIpc) is 0.909. The van der Waals surface area contributed by atoms with Crippen molar-refractivity contribution < 1.29 is 14.3 Å². The maximum absolute atomic E-state index is 14.2. The lowest BCUT2D eigenvalue weighted by atomic mass is 9.85. The zero-order valence-corrected chi connectivity index (χ0v) is 57.1. The quantitative estimate of drug-likeness (QED) is 0.0264. The van der Waals surface area contributed by atoms with Crippen LogP contribution >= 0.6 is 68.9 Å². The zero-order valence-electron chi connectivity index (χ0n) is 52.2. The van der Waals surface area contributed by atoms with Crippen LogP contribution in [0.2, 0.25) is 0 Å². The van der Waals surface area contributed by atoms with Crippen LogP contribution < -0.4 is 4.90 Å². The van der Waals surface area contributed by atoms with Crippen molar-refractivity contribution in [2.75, 3.05) is 4.90 Å². The highest BCUT2D eigenvalue weighted by Crippen LogP contribution is 2.54. The highest BCUT2D eigenvalue weighted by molar-refractivity contribution is 8.00. The Morgan fingerprint density at radius 3 is 1.28 bits per heavy atom. The first kappa shape index (κ1) is 60.3. The Labute approximate surface area is 553 Å². The van der Waals surface area contributed by atoms with Gasteiger partial charge in [-0.3, -0.25) is 0 Å². The molecule has 4 aromatic heterocycles. The monoisotopic (exact) mass is 1290 g/mol. The van der Waals surface area contributed by atoms with Gasteiger partial charge in [-0.2, -0.15) is 0 Å². The molecule has 0 atom stereocenters. The molecule has 0 spiro atoms. The summed E-state index contributed by atoms with van der Waals surface area (Å²) in [5.41, 5.74) is 8.76. The van der Waals surface area contributed by atoms with Crippen molar-refractivity contribution in [3.63, 3.8) is 0 Å². The molecule has 14 rings (SSSR count). The standard InChI is InChI=1S/C80H71NO3S6/c1-9-11-13-16-54-36-40-66(85-54)68-44-42-64(89-68)48-20-28-52(29-21-48)81(53-30-22-49(23-31-53)65-43-45-69(90-65)67-41-37-55(86-67)17-14-12-10-2)63-39-38-60-72-58(63)18-15-19-59(72)74-70(87-56-32-24-50(25-33-56)79(3,4)5)46-61-73-62(78(83)84-77(61)82)47-71(75(60)76(73)74)88-57-34-26-51(27-35-57)80(6,7)8/h15,18-47H,9-14,16-17H2,1-8H3. The second-order valence-corrected chi connectivity index (χ2v) is 32.6.